The van der Waals surface area contributed by atoms with Crippen molar-refractivity contribution in [2.24, 2.45) is 5.41 Å². The van der Waals surface area contributed by atoms with Gasteiger partial charge in [0, 0.05) is 6.54 Å². The van der Waals surface area contributed by atoms with Crippen molar-refractivity contribution in [3.05, 3.63) is 0 Å². The standard InChI is InChI=1S/C15H30N2O/c1-4-5-7-10-15(2,3)12-17-14(18)13-9-6-8-11-16-13/h13,16H,4-12H2,1-3H3,(H,17,18)/t13-/m1/s1. The van der Waals surface area contributed by atoms with E-state index in [1.54, 1.807) is 0 Å². The van der Waals surface area contributed by atoms with Gasteiger partial charge in [0.05, 0.1) is 6.04 Å². The molecule has 106 valence electrons. The number of nitrogens with one attached hydrogen (secondary N) is 2. The minimum Gasteiger partial charge on any atom is -0.354 e. The van der Waals surface area contributed by atoms with Gasteiger partial charge in [-0.3, -0.25) is 4.79 Å². The van der Waals surface area contributed by atoms with E-state index in [1.165, 1.54) is 38.5 Å². The summed E-state index contributed by atoms with van der Waals surface area (Å²) in [6.07, 6.45) is 8.37. The summed E-state index contributed by atoms with van der Waals surface area (Å²) in [5, 5.41) is 6.41. The molecule has 0 aromatic carbocycles. The largest absolute Gasteiger partial charge is 0.354 e. The highest BCUT2D eigenvalue weighted by molar-refractivity contribution is 5.81. The highest BCUT2D eigenvalue weighted by Gasteiger charge is 2.23. The first-order valence-corrected chi connectivity index (χ1v) is 7.56. The second-order valence-corrected chi connectivity index (χ2v) is 6.34. The lowest BCUT2D eigenvalue weighted by Crippen LogP contribution is -2.48. The van der Waals surface area contributed by atoms with Gasteiger partial charge in [-0.2, -0.15) is 0 Å². The van der Waals surface area contributed by atoms with E-state index in [1.807, 2.05) is 0 Å². The molecule has 1 fully saturated rings. The molecule has 0 aliphatic carbocycles. The zero-order valence-electron chi connectivity index (χ0n) is 12.3. The third-order valence-electron chi connectivity index (χ3n) is 3.83. The third-order valence-corrected chi connectivity index (χ3v) is 3.83. The topological polar surface area (TPSA) is 41.1 Å². The number of hydrogen-bond acceptors (Lipinski definition) is 2. The molecule has 0 unspecified atom stereocenters. The monoisotopic (exact) mass is 254 g/mol. The Morgan fingerprint density at radius 1 is 1.33 bits per heavy atom. The third kappa shape index (κ3) is 5.85. The quantitative estimate of drug-likeness (QED) is 0.686. The first kappa shape index (κ1) is 15.5. The van der Waals surface area contributed by atoms with E-state index in [-0.39, 0.29) is 17.4 Å². The summed E-state index contributed by atoms with van der Waals surface area (Å²) in [7, 11) is 0. The smallest absolute Gasteiger partial charge is 0.237 e. The molecule has 18 heavy (non-hydrogen) atoms. The summed E-state index contributed by atoms with van der Waals surface area (Å²) in [5.41, 5.74) is 0.222. The molecular weight excluding hydrogens is 224 g/mol. The van der Waals surface area contributed by atoms with Gasteiger partial charge in [-0.15, -0.1) is 0 Å². The number of unbranched alkanes of at least 4 members (excludes halogenated alkanes) is 2. The lowest BCUT2D eigenvalue weighted by Gasteiger charge is -2.28. The predicted octanol–water partition coefficient (Wildman–Crippen LogP) is 2.85. The van der Waals surface area contributed by atoms with Crippen molar-refractivity contribution in [3.63, 3.8) is 0 Å². The van der Waals surface area contributed by atoms with Crippen LogP contribution >= 0.6 is 0 Å². The number of carbonyl (C=O) groups is 1. The Morgan fingerprint density at radius 3 is 2.72 bits per heavy atom. The Labute approximate surface area is 112 Å². The summed E-state index contributed by atoms with van der Waals surface area (Å²) in [6, 6.07) is 0.0465. The van der Waals surface area contributed by atoms with Crippen molar-refractivity contribution in [3.8, 4) is 0 Å². The molecule has 0 aromatic heterocycles. The molecule has 1 aliphatic rings. The van der Waals surface area contributed by atoms with Gasteiger partial charge in [-0.25, -0.2) is 0 Å². The van der Waals surface area contributed by atoms with Crippen molar-refractivity contribution in [2.45, 2.75) is 71.8 Å². The Balaban J connectivity index is 2.23. The molecule has 1 heterocycles. The first-order valence-electron chi connectivity index (χ1n) is 7.56. The fourth-order valence-corrected chi connectivity index (χ4v) is 2.47. The Kier molecular flexibility index (Phi) is 6.69. The van der Waals surface area contributed by atoms with E-state index in [2.05, 4.69) is 31.4 Å². The lowest BCUT2D eigenvalue weighted by molar-refractivity contribution is -0.124. The number of amides is 1. The Hall–Kier alpha value is -0.570. The van der Waals surface area contributed by atoms with E-state index in [4.69, 9.17) is 0 Å². The fraction of sp³-hybridized carbons (Fsp3) is 0.933. The van der Waals surface area contributed by atoms with Gasteiger partial charge >= 0.3 is 0 Å². The molecule has 1 rings (SSSR count). The summed E-state index contributed by atoms with van der Waals surface area (Å²) in [5.74, 6) is 0.193. The number of rotatable bonds is 7. The second-order valence-electron chi connectivity index (χ2n) is 6.34. The van der Waals surface area contributed by atoms with Gasteiger partial charge in [0.2, 0.25) is 5.91 Å². The molecule has 1 amide bonds. The Morgan fingerprint density at radius 2 is 2.11 bits per heavy atom. The number of hydrogen-bond donors (Lipinski definition) is 2. The van der Waals surface area contributed by atoms with Crippen molar-refractivity contribution < 1.29 is 4.79 Å². The zero-order chi connectivity index (χ0) is 13.4. The molecule has 1 aliphatic heterocycles. The molecule has 0 spiro atoms. The molecular formula is C15H30N2O. The van der Waals surface area contributed by atoms with Crippen LogP contribution in [0.25, 0.3) is 0 Å². The van der Waals surface area contributed by atoms with Gasteiger partial charge < -0.3 is 10.6 Å². The molecule has 3 heteroatoms. The summed E-state index contributed by atoms with van der Waals surface area (Å²) < 4.78 is 0. The second kappa shape index (κ2) is 7.78. The van der Waals surface area contributed by atoms with Gasteiger partial charge in [-0.1, -0.05) is 46.5 Å². The number of carbonyl (C=O) groups excluding carboxylic acids is 1. The van der Waals surface area contributed by atoms with E-state index >= 15 is 0 Å². The zero-order valence-corrected chi connectivity index (χ0v) is 12.3. The maximum atomic E-state index is 12.0. The highest BCUT2D eigenvalue weighted by Crippen LogP contribution is 2.22. The Bertz CT molecular complexity index is 245. The maximum Gasteiger partial charge on any atom is 0.237 e. The average molecular weight is 254 g/mol. The van der Waals surface area contributed by atoms with Crippen LogP contribution in [0.4, 0.5) is 0 Å². The minimum absolute atomic E-state index is 0.0465. The normalized spacial score (nSPS) is 20.7. The molecule has 1 saturated heterocycles. The minimum atomic E-state index is 0.0465. The van der Waals surface area contributed by atoms with Crippen LogP contribution in [-0.4, -0.2) is 25.0 Å². The van der Waals surface area contributed by atoms with Crippen molar-refractivity contribution in [1.29, 1.82) is 0 Å². The molecule has 0 radical (unpaired) electrons. The maximum absolute atomic E-state index is 12.0. The highest BCUT2D eigenvalue weighted by atomic mass is 16.2. The molecule has 2 N–H and O–H groups in total. The van der Waals surface area contributed by atoms with Gasteiger partial charge in [0.15, 0.2) is 0 Å². The van der Waals surface area contributed by atoms with E-state index in [9.17, 15) is 4.79 Å². The SMILES string of the molecule is CCCCCC(C)(C)CNC(=O)[C@H]1CCCCN1. The average Bonchev–Trinajstić information content (AvgIpc) is 2.37. The van der Waals surface area contributed by atoms with Crippen LogP contribution in [0.3, 0.4) is 0 Å². The molecule has 0 bridgehead atoms. The van der Waals surface area contributed by atoms with Crippen LogP contribution in [0.2, 0.25) is 0 Å². The van der Waals surface area contributed by atoms with Crippen molar-refractivity contribution in [1.82, 2.24) is 10.6 Å². The molecule has 0 saturated carbocycles. The van der Waals surface area contributed by atoms with Crippen LogP contribution in [0.15, 0.2) is 0 Å². The van der Waals surface area contributed by atoms with Gasteiger partial charge in [0.25, 0.3) is 0 Å². The molecule has 1 atom stereocenters. The van der Waals surface area contributed by atoms with E-state index in [0.29, 0.717) is 0 Å². The lowest BCUT2D eigenvalue weighted by atomic mass is 9.86. The molecule has 3 nitrogen and oxygen atoms in total. The first-order chi connectivity index (χ1) is 8.55. The predicted molar refractivity (Wildman–Crippen MR) is 76.6 cm³/mol. The fourth-order valence-electron chi connectivity index (χ4n) is 2.47. The van der Waals surface area contributed by atoms with Crippen LogP contribution in [-0.2, 0) is 4.79 Å². The van der Waals surface area contributed by atoms with Gasteiger partial charge in [-0.05, 0) is 31.2 Å². The van der Waals surface area contributed by atoms with Crippen LogP contribution in [0.1, 0.15) is 65.7 Å². The molecule has 0 aromatic rings. The van der Waals surface area contributed by atoms with Crippen molar-refractivity contribution in [2.75, 3.05) is 13.1 Å². The van der Waals surface area contributed by atoms with E-state index < -0.39 is 0 Å². The summed E-state index contributed by atoms with van der Waals surface area (Å²) in [6.45, 7) is 8.50. The van der Waals surface area contributed by atoms with E-state index in [0.717, 1.165) is 19.5 Å². The summed E-state index contributed by atoms with van der Waals surface area (Å²) in [4.78, 5) is 12.0. The van der Waals surface area contributed by atoms with Crippen LogP contribution in [0.5, 0.6) is 0 Å². The van der Waals surface area contributed by atoms with Crippen LogP contribution in [0, 0.1) is 5.41 Å². The summed E-state index contributed by atoms with van der Waals surface area (Å²) >= 11 is 0. The van der Waals surface area contributed by atoms with Crippen molar-refractivity contribution >= 4 is 5.91 Å². The van der Waals surface area contributed by atoms with Crippen LogP contribution < -0.4 is 10.6 Å². The number of piperidine rings is 1. The van der Waals surface area contributed by atoms with Gasteiger partial charge in [0.1, 0.15) is 0 Å².